The summed E-state index contributed by atoms with van der Waals surface area (Å²) < 4.78 is 13.7. The zero-order valence-corrected chi connectivity index (χ0v) is 11.6. The van der Waals surface area contributed by atoms with Gasteiger partial charge in [-0.1, -0.05) is 6.07 Å². The van der Waals surface area contributed by atoms with E-state index in [-0.39, 0.29) is 16.4 Å². The number of likely N-dealkylation sites (tertiary alicyclic amines) is 1. The van der Waals surface area contributed by atoms with Gasteiger partial charge in [0.05, 0.1) is 10.0 Å². The van der Waals surface area contributed by atoms with Crippen LogP contribution in [-0.2, 0) is 0 Å². The van der Waals surface area contributed by atoms with E-state index in [0.717, 1.165) is 19.3 Å². The lowest BCUT2D eigenvalue weighted by molar-refractivity contribution is 0.0622. The predicted molar refractivity (Wildman–Crippen MR) is 71.8 cm³/mol. The fourth-order valence-electron chi connectivity index (χ4n) is 2.34. The second-order valence-electron chi connectivity index (χ2n) is 4.49. The predicted octanol–water partition coefficient (Wildman–Crippen LogP) is 2.54. The molecule has 18 heavy (non-hydrogen) atoms. The van der Waals surface area contributed by atoms with Crippen LogP contribution < -0.4 is 5.73 Å². The van der Waals surface area contributed by atoms with Crippen LogP contribution >= 0.6 is 15.9 Å². The molecule has 3 nitrogen and oxygen atoms in total. The molecule has 1 atom stereocenters. The van der Waals surface area contributed by atoms with Crippen LogP contribution in [-0.4, -0.2) is 29.9 Å². The lowest BCUT2D eigenvalue weighted by Gasteiger charge is -2.35. The lowest BCUT2D eigenvalue weighted by atomic mass is 10.0. The van der Waals surface area contributed by atoms with Crippen molar-refractivity contribution in [1.82, 2.24) is 4.90 Å². The van der Waals surface area contributed by atoms with E-state index in [0.29, 0.717) is 18.7 Å². The molecule has 0 saturated carbocycles. The maximum atomic E-state index is 13.4. The van der Waals surface area contributed by atoms with E-state index in [1.165, 1.54) is 6.07 Å². The van der Waals surface area contributed by atoms with Crippen LogP contribution in [0.4, 0.5) is 4.39 Å². The summed E-state index contributed by atoms with van der Waals surface area (Å²) in [6.07, 6.45) is 3.00. The van der Waals surface area contributed by atoms with E-state index in [1.807, 2.05) is 0 Å². The molecule has 1 aromatic carbocycles. The highest BCUT2D eigenvalue weighted by molar-refractivity contribution is 9.10. The number of nitrogens with zero attached hydrogens (tertiary/aromatic N) is 1. The molecule has 0 aromatic heterocycles. The fourth-order valence-corrected chi connectivity index (χ4v) is 2.77. The van der Waals surface area contributed by atoms with Gasteiger partial charge in [0, 0.05) is 19.1 Å². The fraction of sp³-hybridized carbons (Fsp3) is 0.462. The zero-order valence-electron chi connectivity index (χ0n) is 10.0. The summed E-state index contributed by atoms with van der Waals surface area (Å²) in [5.41, 5.74) is 6.07. The first-order valence-corrected chi connectivity index (χ1v) is 6.89. The van der Waals surface area contributed by atoms with Crippen molar-refractivity contribution in [2.24, 2.45) is 5.73 Å². The van der Waals surface area contributed by atoms with Gasteiger partial charge in [0.2, 0.25) is 0 Å². The van der Waals surface area contributed by atoms with Crippen molar-refractivity contribution in [1.29, 1.82) is 0 Å². The molecule has 1 amide bonds. The Morgan fingerprint density at radius 3 is 3.00 bits per heavy atom. The SMILES string of the molecule is NCC1CCCCN1C(=O)c1cccc(F)c1Br. The Hall–Kier alpha value is -0.940. The van der Waals surface area contributed by atoms with Gasteiger partial charge in [-0.3, -0.25) is 4.79 Å². The summed E-state index contributed by atoms with van der Waals surface area (Å²) in [5.74, 6) is -0.557. The average molecular weight is 315 g/mol. The van der Waals surface area contributed by atoms with E-state index >= 15 is 0 Å². The van der Waals surface area contributed by atoms with Gasteiger partial charge in [0.15, 0.2) is 0 Å². The summed E-state index contributed by atoms with van der Waals surface area (Å²) in [6, 6.07) is 4.59. The largest absolute Gasteiger partial charge is 0.334 e. The van der Waals surface area contributed by atoms with Gasteiger partial charge >= 0.3 is 0 Å². The lowest BCUT2D eigenvalue weighted by Crippen LogP contribution is -2.47. The molecule has 2 N–H and O–H groups in total. The molecular weight excluding hydrogens is 299 g/mol. The number of hydrogen-bond donors (Lipinski definition) is 1. The summed E-state index contributed by atoms with van der Waals surface area (Å²) in [7, 11) is 0. The smallest absolute Gasteiger partial charge is 0.255 e. The quantitative estimate of drug-likeness (QED) is 0.912. The van der Waals surface area contributed by atoms with Crippen molar-refractivity contribution in [3.63, 3.8) is 0 Å². The Labute approximate surface area is 114 Å². The highest BCUT2D eigenvalue weighted by Gasteiger charge is 2.27. The Balaban J connectivity index is 2.27. The van der Waals surface area contributed by atoms with E-state index in [1.54, 1.807) is 17.0 Å². The standard InChI is InChI=1S/C13H16BrFN2O/c14-12-10(5-3-6-11(12)15)13(18)17-7-2-1-4-9(17)8-16/h3,5-6,9H,1-2,4,7-8,16H2. The number of nitrogens with two attached hydrogens (primary N) is 1. The molecule has 0 bridgehead atoms. The molecule has 1 saturated heterocycles. The highest BCUT2D eigenvalue weighted by Crippen LogP contribution is 2.25. The second-order valence-corrected chi connectivity index (χ2v) is 5.28. The number of piperidine rings is 1. The van der Waals surface area contributed by atoms with E-state index in [2.05, 4.69) is 15.9 Å². The first kappa shape index (κ1) is 13.5. The molecular formula is C13H16BrFN2O. The van der Waals surface area contributed by atoms with Crippen LogP contribution in [0.3, 0.4) is 0 Å². The average Bonchev–Trinajstić information content (AvgIpc) is 2.41. The summed E-state index contributed by atoms with van der Waals surface area (Å²) in [4.78, 5) is 14.2. The van der Waals surface area contributed by atoms with Crippen LogP contribution in [0.2, 0.25) is 0 Å². The van der Waals surface area contributed by atoms with Crippen molar-refractivity contribution in [3.8, 4) is 0 Å². The molecule has 0 aliphatic carbocycles. The van der Waals surface area contributed by atoms with Gasteiger partial charge in [0.1, 0.15) is 5.82 Å². The molecule has 5 heteroatoms. The number of rotatable bonds is 2. The number of amides is 1. The van der Waals surface area contributed by atoms with Crippen LogP contribution in [0.15, 0.2) is 22.7 Å². The number of benzene rings is 1. The Kier molecular flexibility index (Phi) is 4.35. The molecule has 1 heterocycles. The second kappa shape index (κ2) is 5.80. The number of halogens is 2. The molecule has 0 spiro atoms. The Morgan fingerprint density at radius 1 is 1.50 bits per heavy atom. The van der Waals surface area contributed by atoms with E-state index in [9.17, 15) is 9.18 Å². The van der Waals surface area contributed by atoms with Gasteiger partial charge < -0.3 is 10.6 Å². The zero-order chi connectivity index (χ0) is 13.1. The summed E-state index contributed by atoms with van der Waals surface area (Å²) in [6.45, 7) is 1.16. The molecule has 1 fully saturated rings. The Morgan fingerprint density at radius 2 is 2.28 bits per heavy atom. The molecule has 98 valence electrons. The van der Waals surface area contributed by atoms with Crippen molar-refractivity contribution in [2.75, 3.05) is 13.1 Å². The molecule has 2 rings (SSSR count). The minimum Gasteiger partial charge on any atom is -0.334 e. The van der Waals surface area contributed by atoms with Gasteiger partial charge in [-0.15, -0.1) is 0 Å². The normalized spacial score (nSPS) is 19.9. The van der Waals surface area contributed by atoms with E-state index in [4.69, 9.17) is 5.73 Å². The third-order valence-electron chi connectivity index (χ3n) is 3.34. The topological polar surface area (TPSA) is 46.3 Å². The molecule has 1 aromatic rings. The Bertz CT molecular complexity index is 453. The minimum absolute atomic E-state index is 0.0708. The maximum Gasteiger partial charge on any atom is 0.255 e. The van der Waals surface area contributed by atoms with Gasteiger partial charge in [-0.2, -0.15) is 0 Å². The summed E-state index contributed by atoms with van der Waals surface area (Å²) >= 11 is 3.14. The minimum atomic E-state index is -0.415. The van der Waals surface area contributed by atoms with Crippen molar-refractivity contribution in [2.45, 2.75) is 25.3 Å². The first-order chi connectivity index (χ1) is 8.65. The summed E-state index contributed by atoms with van der Waals surface area (Å²) in [5, 5.41) is 0. The van der Waals surface area contributed by atoms with Crippen molar-refractivity contribution in [3.05, 3.63) is 34.1 Å². The number of carbonyl (C=O) groups is 1. The monoisotopic (exact) mass is 314 g/mol. The van der Waals surface area contributed by atoms with Crippen molar-refractivity contribution < 1.29 is 9.18 Å². The van der Waals surface area contributed by atoms with Gasteiger partial charge in [-0.05, 0) is 47.3 Å². The molecule has 1 unspecified atom stereocenters. The molecule has 0 radical (unpaired) electrons. The van der Waals surface area contributed by atoms with Gasteiger partial charge in [-0.25, -0.2) is 4.39 Å². The number of hydrogen-bond acceptors (Lipinski definition) is 2. The van der Waals surface area contributed by atoms with E-state index < -0.39 is 5.82 Å². The number of carbonyl (C=O) groups excluding carboxylic acids is 1. The van der Waals surface area contributed by atoms with Crippen LogP contribution in [0, 0.1) is 5.82 Å². The maximum absolute atomic E-state index is 13.4. The van der Waals surface area contributed by atoms with Gasteiger partial charge in [0.25, 0.3) is 5.91 Å². The third-order valence-corrected chi connectivity index (χ3v) is 4.15. The highest BCUT2D eigenvalue weighted by atomic mass is 79.9. The third kappa shape index (κ3) is 2.57. The van der Waals surface area contributed by atoms with Crippen LogP contribution in [0.1, 0.15) is 29.6 Å². The van der Waals surface area contributed by atoms with Crippen LogP contribution in [0.5, 0.6) is 0 Å². The molecule has 1 aliphatic heterocycles. The molecule has 1 aliphatic rings. The van der Waals surface area contributed by atoms with Crippen LogP contribution in [0.25, 0.3) is 0 Å². The van der Waals surface area contributed by atoms with Crippen molar-refractivity contribution >= 4 is 21.8 Å². The first-order valence-electron chi connectivity index (χ1n) is 6.10.